The number of piperidine rings is 1. The first-order valence-corrected chi connectivity index (χ1v) is 8.65. The van der Waals surface area contributed by atoms with Crippen molar-refractivity contribution in [3.63, 3.8) is 0 Å². The quantitative estimate of drug-likeness (QED) is 0.845. The van der Waals surface area contributed by atoms with Crippen LogP contribution in [0.4, 0.5) is 10.1 Å². The number of aromatic nitrogens is 1. The summed E-state index contributed by atoms with van der Waals surface area (Å²) in [6.07, 6.45) is 3.12. The molecule has 2 aliphatic heterocycles. The van der Waals surface area contributed by atoms with Crippen molar-refractivity contribution < 1.29 is 4.39 Å². The molecule has 1 aromatic heterocycles. The van der Waals surface area contributed by atoms with E-state index in [0.717, 1.165) is 41.5 Å². The highest BCUT2D eigenvalue weighted by atomic mass is 19.1. The van der Waals surface area contributed by atoms with Crippen LogP contribution in [0.2, 0.25) is 0 Å². The van der Waals surface area contributed by atoms with Crippen molar-refractivity contribution in [2.75, 3.05) is 31.1 Å². The molecule has 23 heavy (non-hydrogen) atoms. The van der Waals surface area contributed by atoms with Crippen LogP contribution in [0.5, 0.6) is 0 Å². The molecule has 0 bridgehead atoms. The third-order valence-electron chi connectivity index (χ3n) is 5.58. The van der Waals surface area contributed by atoms with E-state index >= 15 is 0 Å². The van der Waals surface area contributed by atoms with Crippen molar-refractivity contribution in [3.05, 3.63) is 36.3 Å². The summed E-state index contributed by atoms with van der Waals surface area (Å²) in [7, 11) is 0. The van der Waals surface area contributed by atoms with Gasteiger partial charge in [-0.3, -0.25) is 4.98 Å². The average Bonchev–Trinajstić information content (AvgIpc) is 2.96. The van der Waals surface area contributed by atoms with Gasteiger partial charge in [-0.15, -0.1) is 0 Å². The molecule has 2 fully saturated rings. The fraction of sp³-hybridized carbons (Fsp3) is 0.526. The Morgan fingerprint density at radius 1 is 1.13 bits per heavy atom. The lowest BCUT2D eigenvalue weighted by Crippen LogP contribution is -2.43. The number of hydrogen-bond donors (Lipinski definition) is 0. The molecule has 0 aliphatic carbocycles. The molecule has 0 saturated carbocycles. The van der Waals surface area contributed by atoms with Crippen LogP contribution in [-0.2, 0) is 0 Å². The van der Waals surface area contributed by atoms with Crippen LogP contribution in [0, 0.1) is 17.7 Å². The molecule has 2 unspecified atom stereocenters. The molecule has 122 valence electrons. The van der Waals surface area contributed by atoms with E-state index in [1.165, 1.54) is 25.6 Å². The molecule has 3 nitrogen and oxygen atoms in total. The van der Waals surface area contributed by atoms with E-state index in [1.54, 1.807) is 12.1 Å². The summed E-state index contributed by atoms with van der Waals surface area (Å²) in [5, 5.41) is 0.937. The molecule has 2 aliphatic rings. The topological polar surface area (TPSA) is 19.4 Å². The van der Waals surface area contributed by atoms with Gasteiger partial charge >= 0.3 is 0 Å². The number of pyridine rings is 1. The molecule has 2 atom stereocenters. The molecular formula is C19H24FN3. The average molecular weight is 313 g/mol. The Morgan fingerprint density at radius 3 is 2.78 bits per heavy atom. The number of likely N-dealkylation sites (tertiary alicyclic amines) is 1. The zero-order valence-electron chi connectivity index (χ0n) is 13.9. The number of halogens is 1. The minimum absolute atomic E-state index is 0.186. The Hall–Kier alpha value is -1.68. The smallest absolute Gasteiger partial charge is 0.124 e. The number of nitrogens with zero attached hydrogens (tertiary/aromatic N) is 3. The van der Waals surface area contributed by atoms with Crippen molar-refractivity contribution in [2.24, 2.45) is 11.8 Å². The van der Waals surface area contributed by atoms with Gasteiger partial charge < -0.3 is 9.80 Å². The van der Waals surface area contributed by atoms with Crippen LogP contribution < -0.4 is 4.90 Å². The van der Waals surface area contributed by atoms with Crippen LogP contribution >= 0.6 is 0 Å². The highest BCUT2D eigenvalue weighted by Gasteiger charge is 2.37. The molecule has 0 N–H and O–H groups in total. The summed E-state index contributed by atoms with van der Waals surface area (Å²) >= 11 is 0. The molecule has 3 heterocycles. The highest BCUT2D eigenvalue weighted by Crippen LogP contribution is 2.37. The van der Waals surface area contributed by atoms with E-state index in [4.69, 9.17) is 0 Å². The lowest BCUT2D eigenvalue weighted by Gasteiger charge is -2.36. The third-order valence-corrected chi connectivity index (χ3v) is 5.58. The lowest BCUT2D eigenvalue weighted by atomic mass is 9.88. The van der Waals surface area contributed by atoms with E-state index in [9.17, 15) is 4.39 Å². The third kappa shape index (κ3) is 2.69. The summed E-state index contributed by atoms with van der Waals surface area (Å²) in [4.78, 5) is 9.42. The zero-order valence-corrected chi connectivity index (χ0v) is 13.9. The number of benzene rings is 1. The summed E-state index contributed by atoms with van der Waals surface area (Å²) in [6, 6.07) is 7.56. The van der Waals surface area contributed by atoms with Gasteiger partial charge in [0, 0.05) is 42.9 Å². The zero-order chi connectivity index (χ0) is 16.0. The largest absolute Gasteiger partial charge is 0.370 e. The molecule has 1 aromatic carbocycles. The minimum Gasteiger partial charge on any atom is -0.370 e. The fourth-order valence-electron chi connectivity index (χ4n) is 4.24. The van der Waals surface area contributed by atoms with Crippen molar-refractivity contribution in [1.29, 1.82) is 0 Å². The first kappa shape index (κ1) is 14.9. The number of anilines is 1. The highest BCUT2D eigenvalue weighted by molar-refractivity contribution is 5.91. The first-order chi connectivity index (χ1) is 11.1. The molecule has 0 amide bonds. The van der Waals surface area contributed by atoms with Crippen molar-refractivity contribution in [1.82, 2.24) is 9.88 Å². The predicted molar refractivity (Wildman–Crippen MR) is 92.2 cm³/mol. The van der Waals surface area contributed by atoms with Crippen LogP contribution in [-0.4, -0.2) is 42.1 Å². The maximum atomic E-state index is 13.7. The van der Waals surface area contributed by atoms with E-state index in [-0.39, 0.29) is 5.82 Å². The van der Waals surface area contributed by atoms with Gasteiger partial charge in [-0.2, -0.15) is 0 Å². The standard InChI is InChI=1S/C19H24FN3/c1-13(2)22-8-6-14-10-23(12-15(14)11-22)19-5-7-21-18-4-3-16(20)9-17(18)19/h3-5,7,9,13-15H,6,8,10-12H2,1-2H3. The lowest BCUT2D eigenvalue weighted by molar-refractivity contribution is 0.118. The van der Waals surface area contributed by atoms with E-state index in [2.05, 4.69) is 28.6 Å². The number of fused-ring (bicyclic) bond motifs is 2. The van der Waals surface area contributed by atoms with Crippen LogP contribution in [0.25, 0.3) is 10.9 Å². The second kappa shape index (κ2) is 5.75. The molecule has 2 saturated heterocycles. The monoisotopic (exact) mass is 313 g/mol. The SMILES string of the molecule is CC(C)N1CCC2CN(c3ccnc4ccc(F)cc34)CC2C1. The summed E-state index contributed by atoms with van der Waals surface area (Å²) < 4.78 is 13.7. The minimum atomic E-state index is -0.186. The summed E-state index contributed by atoms with van der Waals surface area (Å²) in [5.41, 5.74) is 2.02. The van der Waals surface area contributed by atoms with Gasteiger partial charge in [0.1, 0.15) is 5.82 Å². The van der Waals surface area contributed by atoms with Crippen molar-refractivity contribution in [3.8, 4) is 0 Å². The maximum Gasteiger partial charge on any atom is 0.124 e. The Kier molecular flexibility index (Phi) is 3.72. The van der Waals surface area contributed by atoms with Gasteiger partial charge in [0.05, 0.1) is 5.52 Å². The summed E-state index contributed by atoms with van der Waals surface area (Å²) in [6.45, 7) is 9.13. The molecule has 4 rings (SSSR count). The van der Waals surface area contributed by atoms with Crippen LogP contribution in [0.15, 0.2) is 30.5 Å². The van der Waals surface area contributed by atoms with Gasteiger partial charge in [-0.25, -0.2) is 4.39 Å². The fourth-order valence-corrected chi connectivity index (χ4v) is 4.24. The Morgan fingerprint density at radius 2 is 1.96 bits per heavy atom. The Labute approximate surface area is 137 Å². The van der Waals surface area contributed by atoms with Gasteiger partial charge in [0.15, 0.2) is 0 Å². The Balaban J connectivity index is 1.62. The molecule has 4 heteroatoms. The van der Waals surface area contributed by atoms with Gasteiger partial charge in [0.2, 0.25) is 0 Å². The second-order valence-electron chi connectivity index (χ2n) is 7.29. The van der Waals surface area contributed by atoms with Crippen LogP contribution in [0.3, 0.4) is 0 Å². The molecule has 0 radical (unpaired) electrons. The van der Waals surface area contributed by atoms with Gasteiger partial charge in [-0.05, 0) is 62.9 Å². The van der Waals surface area contributed by atoms with E-state index in [1.807, 2.05) is 12.3 Å². The molecular weight excluding hydrogens is 289 g/mol. The summed E-state index contributed by atoms with van der Waals surface area (Å²) in [5.74, 6) is 1.30. The maximum absolute atomic E-state index is 13.7. The second-order valence-corrected chi connectivity index (χ2v) is 7.29. The van der Waals surface area contributed by atoms with E-state index < -0.39 is 0 Å². The number of rotatable bonds is 2. The van der Waals surface area contributed by atoms with Crippen molar-refractivity contribution in [2.45, 2.75) is 26.3 Å². The van der Waals surface area contributed by atoms with Gasteiger partial charge in [0.25, 0.3) is 0 Å². The normalized spacial score (nSPS) is 25.3. The van der Waals surface area contributed by atoms with E-state index in [0.29, 0.717) is 6.04 Å². The van der Waals surface area contributed by atoms with Crippen molar-refractivity contribution >= 4 is 16.6 Å². The first-order valence-electron chi connectivity index (χ1n) is 8.65. The molecule has 2 aromatic rings. The number of hydrogen-bond acceptors (Lipinski definition) is 3. The van der Waals surface area contributed by atoms with Crippen LogP contribution in [0.1, 0.15) is 20.3 Å². The van der Waals surface area contributed by atoms with Gasteiger partial charge in [-0.1, -0.05) is 0 Å². The predicted octanol–water partition coefficient (Wildman–Crippen LogP) is 3.54. The molecule has 0 spiro atoms. The Bertz CT molecular complexity index is 715.